The van der Waals surface area contributed by atoms with Crippen LogP contribution in [0.15, 0.2) is 48.8 Å². The number of halogens is 1. The zero-order valence-corrected chi connectivity index (χ0v) is 13.2. The number of pyridine rings is 1. The summed E-state index contributed by atoms with van der Waals surface area (Å²) in [7, 11) is 0. The van der Waals surface area contributed by atoms with Crippen molar-refractivity contribution in [1.29, 1.82) is 0 Å². The third-order valence-electron chi connectivity index (χ3n) is 3.89. The van der Waals surface area contributed by atoms with Crippen molar-refractivity contribution in [1.82, 2.24) is 14.8 Å². The first kappa shape index (κ1) is 15.5. The summed E-state index contributed by atoms with van der Waals surface area (Å²) in [6.45, 7) is 2.02. The number of hydrogen-bond donors (Lipinski definition) is 0. The highest BCUT2D eigenvalue weighted by molar-refractivity contribution is 6.33. The molecule has 0 bridgehead atoms. The van der Waals surface area contributed by atoms with E-state index < -0.39 is 0 Å². The van der Waals surface area contributed by atoms with E-state index in [4.69, 9.17) is 11.6 Å². The molecule has 0 spiro atoms. The Bertz CT molecular complexity index is 713. The molecule has 23 heavy (non-hydrogen) atoms. The molecule has 118 valence electrons. The third kappa shape index (κ3) is 3.35. The summed E-state index contributed by atoms with van der Waals surface area (Å²) >= 11 is 6.08. The Morgan fingerprint density at radius 2 is 1.43 bits per heavy atom. The zero-order chi connectivity index (χ0) is 16.2. The molecule has 0 unspecified atom stereocenters. The average molecular weight is 330 g/mol. The minimum Gasteiger partial charge on any atom is -0.335 e. The molecule has 0 radical (unpaired) electrons. The van der Waals surface area contributed by atoms with Crippen LogP contribution in [0.2, 0.25) is 5.02 Å². The van der Waals surface area contributed by atoms with Crippen LogP contribution >= 0.6 is 11.6 Å². The lowest BCUT2D eigenvalue weighted by molar-refractivity contribution is 0.0535. The molecule has 2 heterocycles. The van der Waals surface area contributed by atoms with E-state index >= 15 is 0 Å². The first-order valence-corrected chi connectivity index (χ1v) is 7.78. The van der Waals surface area contributed by atoms with Gasteiger partial charge in [0.05, 0.1) is 10.6 Å². The quantitative estimate of drug-likeness (QED) is 0.849. The maximum atomic E-state index is 12.5. The SMILES string of the molecule is O=C(c1ccncc1)N1CCN(C(=O)c2ccccc2Cl)CC1. The monoisotopic (exact) mass is 329 g/mol. The van der Waals surface area contributed by atoms with Crippen LogP contribution in [0.25, 0.3) is 0 Å². The number of piperazine rings is 1. The number of hydrogen-bond acceptors (Lipinski definition) is 3. The summed E-state index contributed by atoms with van der Waals surface area (Å²) < 4.78 is 0. The van der Waals surface area contributed by atoms with Crippen molar-refractivity contribution in [2.24, 2.45) is 0 Å². The lowest BCUT2D eigenvalue weighted by Crippen LogP contribution is -2.50. The van der Waals surface area contributed by atoms with E-state index in [2.05, 4.69) is 4.98 Å². The number of amides is 2. The van der Waals surface area contributed by atoms with E-state index in [1.165, 1.54) is 0 Å². The van der Waals surface area contributed by atoms with Crippen LogP contribution in [0.4, 0.5) is 0 Å². The largest absolute Gasteiger partial charge is 0.335 e. The molecule has 1 aromatic carbocycles. The van der Waals surface area contributed by atoms with Crippen molar-refractivity contribution in [3.05, 3.63) is 64.9 Å². The fourth-order valence-corrected chi connectivity index (χ4v) is 2.81. The van der Waals surface area contributed by atoms with Gasteiger partial charge >= 0.3 is 0 Å². The molecule has 2 amide bonds. The van der Waals surface area contributed by atoms with Crippen LogP contribution < -0.4 is 0 Å². The van der Waals surface area contributed by atoms with Crippen molar-refractivity contribution in [3.63, 3.8) is 0 Å². The smallest absolute Gasteiger partial charge is 0.255 e. The summed E-state index contributed by atoms with van der Waals surface area (Å²) in [6, 6.07) is 10.4. The van der Waals surface area contributed by atoms with Gasteiger partial charge in [-0.3, -0.25) is 14.6 Å². The Hall–Kier alpha value is -2.40. The molecular weight excluding hydrogens is 314 g/mol. The van der Waals surface area contributed by atoms with Gasteiger partial charge in [-0.25, -0.2) is 0 Å². The molecular formula is C17H16ClN3O2. The van der Waals surface area contributed by atoms with Gasteiger partial charge in [0.25, 0.3) is 11.8 Å². The Morgan fingerprint density at radius 3 is 2.04 bits per heavy atom. The molecule has 0 N–H and O–H groups in total. The summed E-state index contributed by atoms with van der Waals surface area (Å²) in [4.78, 5) is 32.3. The van der Waals surface area contributed by atoms with Crippen molar-refractivity contribution < 1.29 is 9.59 Å². The van der Waals surface area contributed by atoms with Crippen LogP contribution in [0.5, 0.6) is 0 Å². The van der Waals surface area contributed by atoms with E-state index in [9.17, 15) is 9.59 Å². The topological polar surface area (TPSA) is 53.5 Å². The minimum atomic E-state index is -0.0911. The minimum absolute atomic E-state index is 0.0303. The standard InChI is InChI=1S/C17H16ClN3O2/c18-15-4-2-1-3-14(15)17(23)21-11-9-20(10-12-21)16(22)13-5-7-19-8-6-13/h1-8H,9-12H2. The fourth-order valence-electron chi connectivity index (χ4n) is 2.59. The van der Waals surface area contributed by atoms with Crippen molar-refractivity contribution in [3.8, 4) is 0 Å². The van der Waals surface area contributed by atoms with Crippen molar-refractivity contribution >= 4 is 23.4 Å². The van der Waals surface area contributed by atoms with E-state index in [1.807, 2.05) is 0 Å². The van der Waals surface area contributed by atoms with Gasteiger partial charge in [-0.15, -0.1) is 0 Å². The van der Waals surface area contributed by atoms with Crippen LogP contribution in [-0.4, -0.2) is 52.8 Å². The van der Waals surface area contributed by atoms with E-state index in [-0.39, 0.29) is 11.8 Å². The number of nitrogens with zero attached hydrogens (tertiary/aromatic N) is 3. The first-order valence-electron chi connectivity index (χ1n) is 7.40. The molecule has 2 aromatic rings. The Kier molecular flexibility index (Phi) is 4.57. The summed E-state index contributed by atoms with van der Waals surface area (Å²) in [6.07, 6.45) is 3.20. The van der Waals surface area contributed by atoms with Gasteiger partial charge in [0, 0.05) is 44.1 Å². The molecule has 1 saturated heterocycles. The zero-order valence-electron chi connectivity index (χ0n) is 12.5. The van der Waals surface area contributed by atoms with Crippen LogP contribution in [0.1, 0.15) is 20.7 Å². The predicted molar refractivity (Wildman–Crippen MR) is 87.5 cm³/mol. The molecule has 0 saturated carbocycles. The summed E-state index contributed by atoms with van der Waals surface area (Å²) in [5.41, 5.74) is 1.12. The maximum Gasteiger partial charge on any atom is 0.255 e. The van der Waals surface area contributed by atoms with Crippen LogP contribution in [0, 0.1) is 0 Å². The second-order valence-electron chi connectivity index (χ2n) is 5.30. The van der Waals surface area contributed by atoms with Gasteiger partial charge < -0.3 is 9.80 Å². The van der Waals surface area contributed by atoms with E-state index in [1.54, 1.807) is 58.6 Å². The average Bonchev–Trinajstić information content (AvgIpc) is 2.62. The number of aromatic nitrogens is 1. The highest BCUT2D eigenvalue weighted by atomic mass is 35.5. The first-order chi connectivity index (χ1) is 11.2. The molecule has 1 aliphatic heterocycles. The second kappa shape index (κ2) is 6.79. The highest BCUT2D eigenvalue weighted by Crippen LogP contribution is 2.18. The Balaban J connectivity index is 1.64. The molecule has 1 fully saturated rings. The third-order valence-corrected chi connectivity index (χ3v) is 4.22. The molecule has 0 aliphatic carbocycles. The van der Waals surface area contributed by atoms with Crippen molar-refractivity contribution in [2.45, 2.75) is 0 Å². The molecule has 0 atom stereocenters. The normalized spacial score (nSPS) is 14.7. The van der Waals surface area contributed by atoms with Crippen LogP contribution in [-0.2, 0) is 0 Å². The van der Waals surface area contributed by atoms with Crippen LogP contribution in [0.3, 0.4) is 0 Å². The lowest BCUT2D eigenvalue weighted by atomic mass is 10.1. The number of carbonyl (C=O) groups is 2. The van der Waals surface area contributed by atoms with Gasteiger partial charge in [0.15, 0.2) is 0 Å². The molecule has 6 heteroatoms. The fraction of sp³-hybridized carbons (Fsp3) is 0.235. The maximum absolute atomic E-state index is 12.5. The van der Waals surface area contributed by atoms with Gasteiger partial charge in [0.1, 0.15) is 0 Å². The van der Waals surface area contributed by atoms with Gasteiger partial charge in [-0.2, -0.15) is 0 Å². The summed E-state index contributed by atoms with van der Waals surface area (Å²) in [5.74, 6) is -0.121. The molecule has 1 aromatic heterocycles. The molecule has 1 aliphatic rings. The Morgan fingerprint density at radius 1 is 0.870 bits per heavy atom. The lowest BCUT2D eigenvalue weighted by Gasteiger charge is -2.35. The van der Waals surface area contributed by atoms with Gasteiger partial charge in [0.2, 0.25) is 0 Å². The summed E-state index contributed by atoms with van der Waals surface area (Å²) in [5, 5.41) is 0.452. The number of carbonyl (C=O) groups excluding carboxylic acids is 2. The van der Waals surface area contributed by atoms with Gasteiger partial charge in [-0.1, -0.05) is 23.7 Å². The number of benzene rings is 1. The molecule has 3 rings (SSSR count). The second-order valence-corrected chi connectivity index (χ2v) is 5.71. The van der Waals surface area contributed by atoms with Gasteiger partial charge in [-0.05, 0) is 24.3 Å². The number of rotatable bonds is 2. The molecule has 5 nitrogen and oxygen atoms in total. The highest BCUT2D eigenvalue weighted by Gasteiger charge is 2.26. The predicted octanol–water partition coefficient (Wildman–Crippen LogP) is 2.33. The van der Waals surface area contributed by atoms with E-state index in [0.29, 0.717) is 42.3 Å². The van der Waals surface area contributed by atoms with E-state index in [0.717, 1.165) is 0 Å². The Labute approximate surface area is 139 Å². The van der Waals surface area contributed by atoms with Crippen molar-refractivity contribution in [2.75, 3.05) is 26.2 Å².